The average molecular weight is 331 g/mol. The normalized spacial score (nSPS) is 16.4. The van der Waals surface area contributed by atoms with E-state index in [2.05, 4.69) is 15.5 Å². The van der Waals surface area contributed by atoms with Gasteiger partial charge >= 0.3 is 0 Å². The Balaban J connectivity index is 1.52. The molecule has 1 heterocycles. The number of nitrogens with zero attached hydrogens (tertiary/aromatic N) is 2. The summed E-state index contributed by atoms with van der Waals surface area (Å²) in [7, 11) is 0. The topological polar surface area (TPSA) is 68.0 Å². The largest absolute Gasteiger partial charge is 0.416 e. The van der Waals surface area contributed by atoms with Gasteiger partial charge in [0, 0.05) is 6.04 Å². The molecule has 1 aromatic heterocycles. The van der Waals surface area contributed by atoms with E-state index in [1.807, 2.05) is 37.3 Å². The third-order valence-electron chi connectivity index (χ3n) is 3.99. The second kappa shape index (κ2) is 7.64. The number of hydrogen-bond donors (Lipinski definition) is 1. The van der Waals surface area contributed by atoms with E-state index in [-0.39, 0.29) is 11.2 Å². The van der Waals surface area contributed by atoms with E-state index in [1.165, 1.54) is 24.6 Å². The summed E-state index contributed by atoms with van der Waals surface area (Å²) < 4.78 is 5.64. The van der Waals surface area contributed by atoms with E-state index in [0.717, 1.165) is 18.4 Å². The molecular weight excluding hydrogens is 310 g/mol. The van der Waals surface area contributed by atoms with Crippen LogP contribution >= 0.6 is 11.8 Å². The molecule has 1 aliphatic carbocycles. The first-order chi connectivity index (χ1) is 11.2. The van der Waals surface area contributed by atoms with E-state index in [9.17, 15) is 4.79 Å². The maximum atomic E-state index is 12.2. The van der Waals surface area contributed by atoms with Crippen molar-refractivity contribution in [1.82, 2.24) is 15.5 Å². The fourth-order valence-electron chi connectivity index (χ4n) is 2.72. The summed E-state index contributed by atoms with van der Waals surface area (Å²) in [5, 5.41) is 11.4. The number of amides is 1. The van der Waals surface area contributed by atoms with Gasteiger partial charge in [-0.05, 0) is 25.3 Å². The highest BCUT2D eigenvalue weighted by atomic mass is 32.2. The Bertz CT molecular complexity index is 638. The average Bonchev–Trinajstić information content (AvgIpc) is 3.20. The number of carbonyl (C=O) groups excluding carboxylic acids is 1. The molecule has 0 radical (unpaired) electrons. The van der Waals surface area contributed by atoms with Crippen LogP contribution in [-0.4, -0.2) is 27.4 Å². The number of hydrogen-bond acceptors (Lipinski definition) is 5. The number of carbonyl (C=O) groups is 1. The van der Waals surface area contributed by atoms with Crippen molar-refractivity contribution in [3.8, 4) is 0 Å². The number of rotatable bonds is 6. The smallest absolute Gasteiger partial charge is 0.277 e. The van der Waals surface area contributed by atoms with E-state index in [4.69, 9.17) is 4.42 Å². The van der Waals surface area contributed by atoms with E-state index in [1.54, 1.807) is 0 Å². The lowest BCUT2D eigenvalue weighted by Gasteiger charge is -2.14. The molecule has 1 N–H and O–H groups in total. The van der Waals surface area contributed by atoms with Crippen LogP contribution in [0.25, 0.3) is 0 Å². The summed E-state index contributed by atoms with van der Waals surface area (Å²) in [5.74, 6) is 0.617. The summed E-state index contributed by atoms with van der Waals surface area (Å²) in [4.78, 5) is 12.2. The number of thioether (sulfide) groups is 1. The van der Waals surface area contributed by atoms with Crippen LogP contribution < -0.4 is 5.32 Å². The van der Waals surface area contributed by atoms with Crippen LogP contribution in [0.3, 0.4) is 0 Å². The highest BCUT2D eigenvalue weighted by molar-refractivity contribution is 8.00. The van der Waals surface area contributed by atoms with E-state index >= 15 is 0 Å². The Labute approximate surface area is 140 Å². The summed E-state index contributed by atoms with van der Waals surface area (Å²) in [5.41, 5.74) is 1.12. The standard InChI is InChI=1S/C17H21N3O2S/c1-12(16(21)18-14-9-5-6-10-14)23-17-20-19-15(22-17)11-13-7-3-2-4-8-13/h2-4,7-8,12,14H,5-6,9-11H2,1H3,(H,18,21). The Morgan fingerprint density at radius 3 is 2.78 bits per heavy atom. The van der Waals surface area contributed by atoms with Crippen molar-refractivity contribution in [3.63, 3.8) is 0 Å². The molecule has 0 bridgehead atoms. The highest BCUT2D eigenvalue weighted by Crippen LogP contribution is 2.24. The lowest BCUT2D eigenvalue weighted by Crippen LogP contribution is -2.37. The van der Waals surface area contributed by atoms with Gasteiger partial charge in [-0.1, -0.05) is 54.9 Å². The van der Waals surface area contributed by atoms with Gasteiger partial charge in [-0.15, -0.1) is 10.2 Å². The van der Waals surface area contributed by atoms with Gasteiger partial charge < -0.3 is 9.73 Å². The fraction of sp³-hybridized carbons (Fsp3) is 0.471. The first-order valence-electron chi connectivity index (χ1n) is 8.04. The predicted octanol–water partition coefficient (Wildman–Crippen LogP) is 3.20. The molecule has 5 nitrogen and oxygen atoms in total. The minimum absolute atomic E-state index is 0.0460. The van der Waals surface area contributed by atoms with Crippen LogP contribution in [-0.2, 0) is 11.2 Å². The van der Waals surface area contributed by atoms with Crippen molar-refractivity contribution in [2.24, 2.45) is 0 Å². The quantitative estimate of drug-likeness (QED) is 0.823. The fourth-order valence-corrected chi connectivity index (χ4v) is 3.43. The highest BCUT2D eigenvalue weighted by Gasteiger charge is 2.23. The summed E-state index contributed by atoms with van der Waals surface area (Å²) in [6.45, 7) is 1.87. The molecule has 0 saturated heterocycles. The minimum Gasteiger partial charge on any atom is -0.416 e. The minimum atomic E-state index is -0.236. The predicted molar refractivity (Wildman–Crippen MR) is 89.3 cm³/mol. The molecule has 1 aromatic carbocycles. The summed E-state index contributed by atoms with van der Waals surface area (Å²) >= 11 is 1.31. The molecule has 23 heavy (non-hydrogen) atoms. The molecular formula is C17H21N3O2S. The van der Waals surface area contributed by atoms with Crippen molar-refractivity contribution in [2.45, 2.75) is 55.5 Å². The van der Waals surface area contributed by atoms with Gasteiger partial charge in [-0.2, -0.15) is 0 Å². The summed E-state index contributed by atoms with van der Waals surface area (Å²) in [6.07, 6.45) is 5.20. The number of nitrogens with one attached hydrogen (secondary N) is 1. The maximum Gasteiger partial charge on any atom is 0.277 e. The summed E-state index contributed by atoms with van der Waals surface area (Å²) in [6, 6.07) is 10.3. The van der Waals surface area contributed by atoms with Crippen molar-refractivity contribution >= 4 is 17.7 Å². The monoisotopic (exact) mass is 331 g/mol. The van der Waals surface area contributed by atoms with Crippen molar-refractivity contribution in [2.75, 3.05) is 0 Å². The first-order valence-corrected chi connectivity index (χ1v) is 8.92. The zero-order valence-electron chi connectivity index (χ0n) is 13.2. The molecule has 3 rings (SSSR count). The SMILES string of the molecule is CC(Sc1nnc(Cc2ccccc2)o1)C(=O)NC1CCCC1. The Morgan fingerprint density at radius 1 is 1.30 bits per heavy atom. The molecule has 6 heteroatoms. The van der Waals surface area contributed by atoms with Crippen LogP contribution in [0.2, 0.25) is 0 Å². The molecule has 1 amide bonds. The lowest BCUT2D eigenvalue weighted by atomic mass is 10.2. The second-order valence-corrected chi connectivity index (χ2v) is 7.17. The molecule has 122 valence electrons. The van der Waals surface area contributed by atoms with E-state index < -0.39 is 0 Å². The Kier molecular flexibility index (Phi) is 5.33. The zero-order chi connectivity index (χ0) is 16.1. The van der Waals surface area contributed by atoms with Crippen LogP contribution in [0.4, 0.5) is 0 Å². The number of aromatic nitrogens is 2. The Hall–Kier alpha value is -1.82. The Morgan fingerprint density at radius 2 is 2.04 bits per heavy atom. The van der Waals surface area contributed by atoms with Gasteiger partial charge in [0.15, 0.2) is 0 Å². The maximum absolute atomic E-state index is 12.2. The van der Waals surface area contributed by atoms with Crippen molar-refractivity contribution in [1.29, 1.82) is 0 Å². The zero-order valence-corrected chi connectivity index (χ0v) is 14.0. The molecule has 1 fully saturated rings. The van der Waals surface area contributed by atoms with Gasteiger partial charge in [0.05, 0.1) is 11.7 Å². The van der Waals surface area contributed by atoms with E-state index in [0.29, 0.717) is 23.6 Å². The first kappa shape index (κ1) is 16.1. The molecule has 0 spiro atoms. The third-order valence-corrected chi connectivity index (χ3v) is 4.93. The molecule has 0 aliphatic heterocycles. The number of benzene rings is 1. The van der Waals surface area contributed by atoms with Gasteiger partial charge in [0.25, 0.3) is 5.22 Å². The van der Waals surface area contributed by atoms with Gasteiger partial charge in [-0.25, -0.2) is 0 Å². The van der Waals surface area contributed by atoms with Crippen LogP contribution in [0, 0.1) is 0 Å². The van der Waals surface area contributed by atoms with Gasteiger partial charge in [0.2, 0.25) is 11.8 Å². The third kappa shape index (κ3) is 4.58. The molecule has 1 aliphatic rings. The van der Waals surface area contributed by atoms with Crippen molar-refractivity contribution < 1.29 is 9.21 Å². The molecule has 1 atom stereocenters. The van der Waals surface area contributed by atoms with Crippen LogP contribution in [0.1, 0.15) is 44.1 Å². The van der Waals surface area contributed by atoms with Gasteiger partial charge in [0.1, 0.15) is 0 Å². The van der Waals surface area contributed by atoms with Crippen LogP contribution in [0.5, 0.6) is 0 Å². The van der Waals surface area contributed by atoms with Gasteiger partial charge in [-0.3, -0.25) is 4.79 Å². The second-order valence-electron chi connectivity index (χ2n) is 5.87. The molecule has 2 aromatic rings. The molecule has 1 saturated carbocycles. The van der Waals surface area contributed by atoms with Crippen LogP contribution in [0.15, 0.2) is 40.0 Å². The molecule has 1 unspecified atom stereocenters. The lowest BCUT2D eigenvalue weighted by molar-refractivity contribution is -0.120. The van der Waals surface area contributed by atoms with Crippen molar-refractivity contribution in [3.05, 3.63) is 41.8 Å².